The number of amides is 1. The Bertz CT molecular complexity index is 905. The van der Waals surface area contributed by atoms with Gasteiger partial charge in [-0.25, -0.2) is 14.4 Å². The molecule has 0 radical (unpaired) electrons. The summed E-state index contributed by atoms with van der Waals surface area (Å²) >= 11 is 5.71. The molecule has 2 N–H and O–H groups in total. The first-order valence-corrected chi connectivity index (χ1v) is 8.36. The first-order valence-electron chi connectivity index (χ1n) is 7.98. The molecule has 0 fully saturated rings. The van der Waals surface area contributed by atoms with Gasteiger partial charge in [-0.05, 0) is 30.2 Å². The van der Waals surface area contributed by atoms with Gasteiger partial charge in [0.2, 0.25) is 0 Å². The number of rotatable bonds is 6. The van der Waals surface area contributed by atoms with E-state index >= 15 is 0 Å². The molecule has 5 nitrogen and oxygen atoms in total. The summed E-state index contributed by atoms with van der Waals surface area (Å²) in [4.78, 5) is 20.4. The molecule has 1 heterocycles. The van der Waals surface area contributed by atoms with Crippen LogP contribution in [-0.2, 0) is 6.42 Å². The zero-order valence-electron chi connectivity index (χ0n) is 13.7. The number of benzene rings is 2. The van der Waals surface area contributed by atoms with Gasteiger partial charge in [0.05, 0.1) is 5.02 Å². The third kappa shape index (κ3) is 4.77. The highest BCUT2D eigenvalue weighted by atomic mass is 35.5. The largest absolute Gasteiger partial charge is 0.370 e. The van der Waals surface area contributed by atoms with Crippen LogP contribution in [0.2, 0.25) is 5.02 Å². The van der Waals surface area contributed by atoms with Crippen molar-refractivity contribution in [2.24, 2.45) is 0 Å². The zero-order chi connectivity index (χ0) is 18.4. The van der Waals surface area contributed by atoms with Crippen LogP contribution >= 0.6 is 11.6 Å². The molecule has 0 unspecified atom stereocenters. The molecule has 0 bridgehead atoms. The molecule has 0 saturated heterocycles. The molecule has 1 amide bonds. The summed E-state index contributed by atoms with van der Waals surface area (Å²) in [5.41, 5.74) is 1.79. The van der Waals surface area contributed by atoms with E-state index < -0.39 is 11.7 Å². The maximum Gasteiger partial charge on any atom is 0.274 e. The van der Waals surface area contributed by atoms with Crippen molar-refractivity contribution < 1.29 is 9.18 Å². The van der Waals surface area contributed by atoms with Crippen LogP contribution in [0.1, 0.15) is 16.1 Å². The Hall–Kier alpha value is -2.99. The second-order valence-electron chi connectivity index (χ2n) is 5.53. The lowest BCUT2D eigenvalue weighted by Gasteiger charge is -2.08. The molecule has 0 atom stereocenters. The molecule has 2 aromatic carbocycles. The van der Waals surface area contributed by atoms with Gasteiger partial charge in [-0.15, -0.1) is 0 Å². The van der Waals surface area contributed by atoms with E-state index in [1.54, 1.807) is 6.07 Å². The molecule has 1 aromatic heterocycles. The van der Waals surface area contributed by atoms with Gasteiger partial charge in [0, 0.05) is 18.3 Å². The minimum absolute atomic E-state index is 0.0613. The highest BCUT2D eigenvalue weighted by Gasteiger charge is 2.10. The lowest BCUT2D eigenvalue weighted by Crippen LogP contribution is -2.15. The molecule has 3 aromatic rings. The van der Waals surface area contributed by atoms with Crippen molar-refractivity contribution in [2.45, 2.75) is 6.42 Å². The molecule has 7 heteroatoms. The Balaban J connectivity index is 1.60. The van der Waals surface area contributed by atoms with E-state index in [2.05, 4.69) is 20.6 Å². The first kappa shape index (κ1) is 17.8. The Morgan fingerprint density at radius 3 is 2.65 bits per heavy atom. The zero-order valence-corrected chi connectivity index (χ0v) is 14.5. The SMILES string of the molecule is O=C(Nc1ccc(F)c(Cl)c1)c1cc(NCCc2ccccc2)ncn1. The summed E-state index contributed by atoms with van der Waals surface area (Å²) in [6.45, 7) is 0.676. The second-order valence-corrected chi connectivity index (χ2v) is 5.94. The third-order valence-electron chi connectivity index (χ3n) is 3.64. The average molecular weight is 371 g/mol. The minimum Gasteiger partial charge on any atom is -0.370 e. The van der Waals surface area contributed by atoms with Crippen LogP contribution in [0.4, 0.5) is 15.9 Å². The van der Waals surface area contributed by atoms with Crippen molar-refractivity contribution in [3.05, 3.63) is 83.0 Å². The molecule has 0 aliphatic heterocycles. The van der Waals surface area contributed by atoms with Crippen LogP contribution in [0.25, 0.3) is 0 Å². The summed E-state index contributed by atoms with van der Waals surface area (Å²) in [6.07, 6.45) is 2.15. The van der Waals surface area contributed by atoms with Gasteiger partial charge in [0.25, 0.3) is 5.91 Å². The first-order chi connectivity index (χ1) is 12.6. The van der Waals surface area contributed by atoms with Crippen LogP contribution < -0.4 is 10.6 Å². The Kier molecular flexibility index (Phi) is 5.76. The van der Waals surface area contributed by atoms with Crippen molar-refractivity contribution in [3.8, 4) is 0 Å². The van der Waals surface area contributed by atoms with Gasteiger partial charge in [0.1, 0.15) is 23.7 Å². The van der Waals surface area contributed by atoms with Crippen LogP contribution in [0.3, 0.4) is 0 Å². The number of anilines is 2. The van der Waals surface area contributed by atoms with Crippen LogP contribution in [0, 0.1) is 5.82 Å². The number of nitrogens with one attached hydrogen (secondary N) is 2. The van der Waals surface area contributed by atoms with Gasteiger partial charge in [-0.1, -0.05) is 41.9 Å². The number of nitrogens with zero attached hydrogens (tertiary/aromatic N) is 2. The Morgan fingerprint density at radius 2 is 1.88 bits per heavy atom. The monoisotopic (exact) mass is 370 g/mol. The predicted molar refractivity (Wildman–Crippen MR) is 100 cm³/mol. The molecule has 26 heavy (non-hydrogen) atoms. The standard InChI is InChI=1S/C19H16ClFN4O/c20-15-10-14(6-7-16(15)21)25-19(26)17-11-18(24-12-23-17)22-9-8-13-4-2-1-3-5-13/h1-7,10-12H,8-9H2,(H,25,26)(H,22,23,24). The second kappa shape index (κ2) is 8.40. The molecular weight excluding hydrogens is 355 g/mol. The topological polar surface area (TPSA) is 66.9 Å². The number of carbonyl (C=O) groups excluding carboxylic acids is 1. The lowest BCUT2D eigenvalue weighted by atomic mass is 10.1. The fourth-order valence-electron chi connectivity index (χ4n) is 2.33. The van der Waals surface area contributed by atoms with E-state index in [9.17, 15) is 9.18 Å². The number of carbonyl (C=O) groups is 1. The van der Waals surface area contributed by atoms with E-state index in [1.165, 1.54) is 30.1 Å². The van der Waals surface area contributed by atoms with E-state index in [0.717, 1.165) is 6.42 Å². The van der Waals surface area contributed by atoms with Crippen molar-refractivity contribution in [1.82, 2.24) is 9.97 Å². The van der Waals surface area contributed by atoms with Gasteiger partial charge >= 0.3 is 0 Å². The lowest BCUT2D eigenvalue weighted by molar-refractivity contribution is 0.102. The number of hydrogen-bond acceptors (Lipinski definition) is 4. The summed E-state index contributed by atoms with van der Waals surface area (Å²) in [7, 11) is 0. The van der Waals surface area contributed by atoms with E-state index in [-0.39, 0.29) is 10.7 Å². The summed E-state index contributed by atoms with van der Waals surface area (Å²) in [5, 5.41) is 5.73. The van der Waals surface area contributed by atoms with Crippen molar-refractivity contribution in [1.29, 1.82) is 0 Å². The minimum atomic E-state index is -0.545. The van der Waals surface area contributed by atoms with E-state index in [1.807, 2.05) is 30.3 Å². The van der Waals surface area contributed by atoms with Gasteiger partial charge in [-0.2, -0.15) is 0 Å². The van der Waals surface area contributed by atoms with E-state index in [4.69, 9.17) is 11.6 Å². The van der Waals surface area contributed by atoms with E-state index in [0.29, 0.717) is 18.1 Å². The Labute approximate surface area is 155 Å². The molecule has 132 valence electrons. The number of hydrogen-bond donors (Lipinski definition) is 2. The fraction of sp³-hybridized carbons (Fsp3) is 0.105. The molecule has 3 rings (SSSR count). The maximum atomic E-state index is 13.2. The average Bonchev–Trinajstić information content (AvgIpc) is 2.66. The summed E-state index contributed by atoms with van der Waals surface area (Å²) < 4.78 is 13.2. The normalized spacial score (nSPS) is 10.4. The van der Waals surface area contributed by atoms with Crippen molar-refractivity contribution in [2.75, 3.05) is 17.2 Å². The molecule has 0 spiro atoms. The number of halogens is 2. The predicted octanol–water partition coefficient (Wildman–Crippen LogP) is 4.18. The number of aromatic nitrogens is 2. The quantitative estimate of drug-likeness (QED) is 0.683. The van der Waals surface area contributed by atoms with Crippen LogP contribution in [0.5, 0.6) is 0 Å². The fourth-order valence-corrected chi connectivity index (χ4v) is 2.51. The third-order valence-corrected chi connectivity index (χ3v) is 3.93. The van der Waals surface area contributed by atoms with Gasteiger partial charge in [0.15, 0.2) is 0 Å². The molecular formula is C19H16ClFN4O. The summed E-state index contributed by atoms with van der Waals surface area (Å²) in [6, 6.07) is 15.6. The molecule has 0 saturated carbocycles. The van der Waals surface area contributed by atoms with Crippen molar-refractivity contribution >= 4 is 29.0 Å². The Morgan fingerprint density at radius 1 is 1.08 bits per heavy atom. The molecule has 0 aliphatic rings. The highest BCUT2D eigenvalue weighted by molar-refractivity contribution is 6.31. The van der Waals surface area contributed by atoms with Crippen molar-refractivity contribution in [3.63, 3.8) is 0 Å². The highest BCUT2D eigenvalue weighted by Crippen LogP contribution is 2.20. The molecule has 0 aliphatic carbocycles. The summed E-state index contributed by atoms with van der Waals surface area (Å²) in [5.74, 6) is -0.420. The van der Waals surface area contributed by atoms with Gasteiger partial charge in [-0.3, -0.25) is 4.79 Å². The smallest absolute Gasteiger partial charge is 0.274 e. The maximum absolute atomic E-state index is 13.2. The van der Waals surface area contributed by atoms with Gasteiger partial charge < -0.3 is 10.6 Å². The van der Waals surface area contributed by atoms with Crippen LogP contribution in [0.15, 0.2) is 60.9 Å². The van der Waals surface area contributed by atoms with Crippen LogP contribution in [-0.4, -0.2) is 22.4 Å².